The lowest BCUT2D eigenvalue weighted by atomic mass is 10.2. The third-order valence-electron chi connectivity index (χ3n) is 4.05. The highest BCUT2D eigenvalue weighted by Gasteiger charge is 2.19. The summed E-state index contributed by atoms with van der Waals surface area (Å²) in [5.74, 6) is 0.569. The molecule has 0 unspecified atom stereocenters. The summed E-state index contributed by atoms with van der Waals surface area (Å²) in [6.07, 6.45) is 0. The number of rotatable bonds is 3. The van der Waals surface area contributed by atoms with Crippen LogP contribution in [0.4, 0.5) is 21.5 Å². The maximum absolute atomic E-state index is 13.0. The molecule has 1 aliphatic rings. The Kier molecular flexibility index (Phi) is 4.04. The lowest BCUT2D eigenvalue weighted by Gasteiger charge is -2.37. The van der Waals surface area contributed by atoms with Gasteiger partial charge in [0.15, 0.2) is 0 Å². The summed E-state index contributed by atoms with van der Waals surface area (Å²) in [4.78, 5) is 4.53. The molecule has 2 aromatic carbocycles. The van der Waals surface area contributed by atoms with E-state index < -0.39 is 0 Å². The van der Waals surface area contributed by atoms with E-state index in [1.54, 1.807) is 7.11 Å². The third kappa shape index (κ3) is 2.93. The van der Waals surface area contributed by atoms with Crippen molar-refractivity contribution in [2.75, 3.05) is 48.8 Å². The van der Waals surface area contributed by atoms with Gasteiger partial charge in [0, 0.05) is 37.9 Å². The molecule has 2 aromatic rings. The average molecular weight is 301 g/mol. The van der Waals surface area contributed by atoms with Crippen LogP contribution in [-0.4, -0.2) is 33.3 Å². The summed E-state index contributed by atoms with van der Waals surface area (Å²) in [6, 6.07) is 12.4. The lowest BCUT2D eigenvalue weighted by molar-refractivity contribution is 0.415. The first kappa shape index (κ1) is 14.5. The number of ether oxygens (including phenoxy) is 1. The van der Waals surface area contributed by atoms with Crippen molar-refractivity contribution in [3.8, 4) is 5.75 Å². The number of anilines is 3. The Hall–Kier alpha value is -2.43. The third-order valence-corrected chi connectivity index (χ3v) is 4.05. The zero-order valence-corrected chi connectivity index (χ0v) is 12.6. The number of nitrogen functional groups attached to an aromatic ring is 1. The summed E-state index contributed by atoms with van der Waals surface area (Å²) < 4.78 is 18.2. The molecule has 1 aliphatic heterocycles. The van der Waals surface area contributed by atoms with E-state index in [4.69, 9.17) is 10.5 Å². The van der Waals surface area contributed by atoms with Gasteiger partial charge in [-0.2, -0.15) is 0 Å². The summed E-state index contributed by atoms with van der Waals surface area (Å²) in [5.41, 5.74) is 8.94. The molecule has 1 heterocycles. The SMILES string of the molecule is COc1ccc(N2CCN(c3ccc(F)cc3)CC2)c(N)c1. The molecule has 0 amide bonds. The van der Waals surface area contributed by atoms with Crippen LogP contribution in [0.15, 0.2) is 42.5 Å². The van der Waals surface area contributed by atoms with Crippen LogP contribution in [0.2, 0.25) is 0 Å². The van der Waals surface area contributed by atoms with Crippen molar-refractivity contribution in [3.63, 3.8) is 0 Å². The number of benzene rings is 2. The number of hydrogen-bond acceptors (Lipinski definition) is 4. The molecule has 0 atom stereocenters. The van der Waals surface area contributed by atoms with Gasteiger partial charge >= 0.3 is 0 Å². The van der Waals surface area contributed by atoms with Crippen LogP contribution in [0.1, 0.15) is 0 Å². The normalized spacial score (nSPS) is 15.0. The van der Waals surface area contributed by atoms with Crippen LogP contribution >= 0.6 is 0 Å². The van der Waals surface area contributed by atoms with E-state index in [2.05, 4.69) is 9.80 Å². The van der Waals surface area contributed by atoms with Crippen molar-refractivity contribution < 1.29 is 9.13 Å². The van der Waals surface area contributed by atoms with E-state index in [9.17, 15) is 4.39 Å². The Morgan fingerprint density at radius 3 is 2.18 bits per heavy atom. The van der Waals surface area contributed by atoms with E-state index >= 15 is 0 Å². The Balaban J connectivity index is 1.67. The van der Waals surface area contributed by atoms with E-state index in [1.165, 1.54) is 12.1 Å². The second-order valence-electron chi connectivity index (χ2n) is 5.38. The first-order valence-electron chi connectivity index (χ1n) is 7.36. The van der Waals surface area contributed by atoms with Crippen molar-refractivity contribution in [2.24, 2.45) is 0 Å². The monoisotopic (exact) mass is 301 g/mol. The van der Waals surface area contributed by atoms with Gasteiger partial charge in [-0.25, -0.2) is 4.39 Å². The Bertz CT molecular complexity index is 637. The van der Waals surface area contributed by atoms with Gasteiger partial charge in [-0.1, -0.05) is 0 Å². The molecule has 0 bridgehead atoms. The number of methoxy groups -OCH3 is 1. The quantitative estimate of drug-likeness (QED) is 0.885. The molecule has 0 aromatic heterocycles. The van der Waals surface area contributed by atoms with Crippen LogP contribution in [-0.2, 0) is 0 Å². The largest absolute Gasteiger partial charge is 0.497 e. The molecule has 0 aliphatic carbocycles. The van der Waals surface area contributed by atoms with Gasteiger partial charge in [0.05, 0.1) is 18.5 Å². The van der Waals surface area contributed by atoms with Crippen LogP contribution < -0.4 is 20.3 Å². The Labute approximate surface area is 129 Å². The first-order valence-corrected chi connectivity index (χ1v) is 7.36. The maximum atomic E-state index is 13.0. The van der Waals surface area contributed by atoms with Gasteiger partial charge in [0.1, 0.15) is 11.6 Å². The Morgan fingerprint density at radius 2 is 1.59 bits per heavy atom. The van der Waals surface area contributed by atoms with Gasteiger partial charge in [0.2, 0.25) is 0 Å². The van der Waals surface area contributed by atoms with E-state index in [1.807, 2.05) is 30.3 Å². The number of hydrogen-bond donors (Lipinski definition) is 1. The van der Waals surface area contributed by atoms with E-state index in [0.717, 1.165) is 49.0 Å². The van der Waals surface area contributed by atoms with E-state index in [-0.39, 0.29) is 5.82 Å². The molecular formula is C17H20FN3O. The molecule has 4 nitrogen and oxygen atoms in total. The van der Waals surface area contributed by atoms with Crippen LogP contribution in [0.25, 0.3) is 0 Å². The minimum absolute atomic E-state index is 0.201. The summed E-state index contributed by atoms with van der Waals surface area (Å²) in [6.45, 7) is 3.54. The highest BCUT2D eigenvalue weighted by molar-refractivity contribution is 5.70. The fourth-order valence-corrected chi connectivity index (χ4v) is 2.81. The van der Waals surface area contributed by atoms with Crippen molar-refractivity contribution >= 4 is 17.1 Å². The zero-order valence-electron chi connectivity index (χ0n) is 12.6. The molecule has 0 spiro atoms. The van der Waals surface area contributed by atoms with E-state index in [0.29, 0.717) is 0 Å². The molecular weight excluding hydrogens is 281 g/mol. The molecule has 0 radical (unpaired) electrons. The molecule has 116 valence electrons. The molecule has 22 heavy (non-hydrogen) atoms. The molecule has 0 saturated carbocycles. The van der Waals surface area contributed by atoms with Gasteiger partial charge in [-0.3, -0.25) is 0 Å². The molecule has 1 saturated heterocycles. The van der Waals surface area contributed by atoms with Crippen molar-refractivity contribution in [2.45, 2.75) is 0 Å². The fourth-order valence-electron chi connectivity index (χ4n) is 2.81. The van der Waals surface area contributed by atoms with Gasteiger partial charge in [-0.15, -0.1) is 0 Å². The van der Waals surface area contributed by atoms with Crippen LogP contribution in [0.5, 0.6) is 5.75 Å². The van der Waals surface area contributed by atoms with Gasteiger partial charge in [0.25, 0.3) is 0 Å². The second-order valence-corrected chi connectivity index (χ2v) is 5.38. The number of nitrogens with zero attached hydrogens (tertiary/aromatic N) is 2. The predicted molar refractivity (Wildman–Crippen MR) is 88.2 cm³/mol. The molecule has 5 heteroatoms. The number of halogens is 1. The molecule has 1 fully saturated rings. The standard InChI is InChI=1S/C17H20FN3O/c1-22-15-6-7-17(16(19)12-15)21-10-8-20(9-11-21)14-4-2-13(18)3-5-14/h2-7,12H,8-11,19H2,1H3. The van der Waals surface area contributed by atoms with Crippen molar-refractivity contribution in [1.82, 2.24) is 0 Å². The maximum Gasteiger partial charge on any atom is 0.123 e. The van der Waals surface area contributed by atoms with Crippen LogP contribution in [0.3, 0.4) is 0 Å². The smallest absolute Gasteiger partial charge is 0.123 e. The lowest BCUT2D eigenvalue weighted by Crippen LogP contribution is -2.46. The number of piperazine rings is 1. The minimum atomic E-state index is -0.201. The summed E-state index contributed by atoms with van der Waals surface area (Å²) in [7, 11) is 1.63. The average Bonchev–Trinajstić information content (AvgIpc) is 2.56. The van der Waals surface area contributed by atoms with Crippen molar-refractivity contribution in [1.29, 1.82) is 0 Å². The Morgan fingerprint density at radius 1 is 0.955 bits per heavy atom. The predicted octanol–water partition coefficient (Wildman–Crippen LogP) is 2.74. The van der Waals surface area contributed by atoms with Crippen molar-refractivity contribution in [3.05, 3.63) is 48.3 Å². The topological polar surface area (TPSA) is 41.7 Å². The number of nitrogens with two attached hydrogens (primary N) is 1. The zero-order chi connectivity index (χ0) is 15.5. The second kappa shape index (κ2) is 6.13. The van der Waals surface area contributed by atoms with Gasteiger partial charge in [-0.05, 0) is 36.4 Å². The summed E-state index contributed by atoms with van der Waals surface area (Å²) in [5, 5.41) is 0. The fraction of sp³-hybridized carbons (Fsp3) is 0.294. The molecule has 3 rings (SSSR count). The first-order chi connectivity index (χ1) is 10.7. The molecule has 2 N–H and O–H groups in total. The minimum Gasteiger partial charge on any atom is -0.497 e. The van der Waals surface area contributed by atoms with Crippen LogP contribution in [0, 0.1) is 5.82 Å². The highest BCUT2D eigenvalue weighted by atomic mass is 19.1. The highest BCUT2D eigenvalue weighted by Crippen LogP contribution is 2.29. The summed E-state index contributed by atoms with van der Waals surface area (Å²) >= 11 is 0. The van der Waals surface area contributed by atoms with Gasteiger partial charge < -0.3 is 20.3 Å².